The summed E-state index contributed by atoms with van der Waals surface area (Å²) in [5, 5.41) is 4.14. The third-order valence-electron chi connectivity index (χ3n) is 4.91. The number of hydrogen-bond acceptors (Lipinski definition) is 6. The average molecular weight is 472 g/mol. The van der Waals surface area contributed by atoms with E-state index >= 15 is 0 Å². The second-order valence-electron chi connectivity index (χ2n) is 6.87. The second kappa shape index (κ2) is 9.18. The Balaban J connectivity index is 2.01. The highest BCUT2D eigenvalue weighted by molar-refractivity contribution is 7.99. The van der Waals surface area contributed by atoms with Crippen LogP contribution in [0.15, 0.2) is 58.2 Å². The monoisotopic (exact) mass is 471 g/mol. The highest BCUT2D eigenvalue weighted by atomic mass is 35.5. The van der Waals surface area contributed by atoms with Crippen molar-refractivity contribution in [3.05, 3.63) is 69.6 Å². The fraction of sp³-hybridized carbons (Fsp3) is 0.174. The number of para-hydroxylation sites is 1. The fourth-order valence-corrected chi connectivity index (χ4v) is 4.59. The predicted molar refractivity (Wildman–Crippen MR) is 127 cm³/mol. The number of anilines is 2. The number of rotatable bonds is 6. The van der Waals surface area contributed by atoms with Gasteiger partial charge in [0.25, 0.3) is 0 Å². The first kappa shape index (κ1) is 22.1. The number of nitrogens with zero attached hydrogens (tertiary/aromatic N) is 2. The van der Waals surface area contributed by atoms with E-state index in [1.165, 1.54) is 17.8 Å². The van der Waals surface area contributed by atoms with Crippen LogP contribution in [0.1, 0.15) is 6.92 Å². The third-order valence-corrected chi connectivity index (χ3v) is 6.16. The van der Waals surface area contributed by atoms with Crippen molar-refractivity contribution in [2.24, 2.45) is 0 Å². The number of nitrogens with one attached hydrogen (secondary N) is 1. The van der Waals surface area contributed by atoms with Gasteiger partial charge in [0.1, 0.15) is 23.8 Å². The molecule has 2 aromatic carbocycles. The Labute approximate surface area is 192 Å². The van der Waals surface area contributed by atoms with Gasteiger partial charge in [-0.2, -0.15) is 0 Å². The van der Waals surface area contributed by atoms with Crippen molar-refractivity contribution in [3.63, 3.8) is 0 Å². The third kappa shape index (κ3) is 4.03. The van der Waals surface area contributed by atoms with E-state index in [1.54, 1.807) is 54.0 Å². The van der Waals surface area contributed by atoms with Crippen LogP contribution >= 0.6 is 23.4 Å². The van der Waals surface area contributed by atoms with Gasteiger partial charge in [0.05, 0.1) is 33.1 Å². The smallest absolute Gasteiger partial charge is 0.326 e. The Hall–Kier alpha value is -3.10. The summed E-state index contributed by atoms with van der Waals surface area (Å²) < 4.78 is 20.9. The lowest BCUT2D eigenvalue weighted by Crippen LogP contribution is -2.19. The molecule has 0 unspecified atom stereocenters. The summed E-state index contributed by atoms with van der Waals surface area (Å²) >= 11 is 7.77. The minimum Gasteiger partial charge on any atom is -0.465 e. The van der Waals surface area contributed by atoms with Crippen LogP contribution in [0, 0.1) is 5.82 Å². The number of carbonyl (C=O) groups excluding carboxylic acids is 1. The maximum Gasteiger partial charge on any atom is 0.326 e. The maximum atomic E-state index is 14.1. The van der Waals surface area contributed by atoms with E-state index in [0.717, 1.165) is 0 Å². The van der Waals surface area contributed by atoms with E-state index in [2.05, 4.69) is 10.3 Å². The molecule has 0 atom stereocenters. The Kier molecular flexibility index (Phi) is 6.34. The molecule has 0 saturated heterocycles. The van der Waals surface area contributed by atoms with E-state index in [4.69, 9.17) is 16.3 Å². The van der Waals surface area contributed by atoms with Crippen molar-refractivity contribution in [1.29, 1.82) is 0 Å². The van der Waals surface area contributed by atoms with E-state index in [0.29, 0.717) is 32.0 Å². The Morgan fingerprint density at radius 1 is 1.19 bits per heavy atom. The molecule has 0 radical (unpaired) electrons. The molecule has 6 nitrogen and oxygen atoms in total. The SMILES string of the molecule is CCOC(=O)Cn1c2nc(Nc3ccccc3F)ccc2c(=O)c2ccc(Cl)c(SC)c21. The lowest BCUT2D eigenvalue weighted by atomic mass is 10.1. The molecule has 4 aromatic rings. The molecular weight excluding hydrogens is 453 g/mol. The van der Waals surface area contributed by atoms with Gasteiger partial charge < -0.3 is 14.6 Å². The van der Waals surface area contributed by atoms with Crippen LogP contribution in [-0.2, 0) is 16.1 Å². The number of aromatic nitrogens is 2. The van der Waals surface area contributed by atoms with Gasteiger partial charge in [-0.05, 0) is 49.6 Å². The van der Waals surface area contributed by atoms with Gasteiger partial charge in [-0.1, -0.05) is 23.7 Å². The Bertz CT molecular complexity index is 1410. The number of esters is 1. The molecule has 32 heavy (non-hydrogen) atoms. The average Bonchev–Trinajstić information content (AvgIpc) is 2.78. The first-order chi connectivity index (χ1) is 15.4. The number of halogens is 2. The predicted octanol–water partition coefficient (Wildman–Crippen LogP) is 5.37. The molecule has 2 heterocycles. The molecule has 0 aliphatic rings. The number of ether oxygens (including phenoxy) is 1. The molecule has 9 heteroatoms. The summed E-state index contributed by atoms with van der Waals surface area (Å²) in [6, 6.07) is 12.7. The molecule has 0 amide bonds. The van der Waals surface area contributed by atoms with Crippen molar-refractivity contribution >= 4 is 62.8 Å². The van der Waals surface area contributed by atoms with Gasteiger partial charge in [0.15, 0.2) is 5.43 Å². The number of fused-ring (bicyclic) bond motifs is 2. The number of thioether (sulfide) groups is 1. The quantitative estimate of drug-likeness (QED) is 0.231. The van der Waals surface area contributed by atoms with Crippen molar-refractivity contribution < 1.29 is 13.9 Å². The molecule has 164 valence electrons. The molecule has 1 N–H and O–H groups in total. The van der Waals surface area contributed by atoms with Gasteiger partial charge in [-0.25, -0.2) is 9.37 Å². The first-order valence-electron chi connectivity index (χ1n) is 9.81. The highest BCUT2D eigenvalue weighted by Gasteiger charge is 2.19. The largest absolute Gasteiger partial charge is 0.465 e. The molecular formula is C23H19ClFN3O3S. The van der Waals surface area contributed by atoms with Gasteiger partial charge in [0, 0.05) is 5.39 Å². The van der Waals surface area contributed by atoms with Gasteiger partial charge in [-0.3, -0.25) is 9.59 Å². The molecule has 0 bridgehead atoms. The zero-order valence-electron chi connectivity index (χ0n) is 17.3. The van der Waals surface area contributed by atoms with Crippen LogP contribution in [0.4, 0.5) is 15.9 Å². The summed E-state index contributed by atoms with van der Waals surface area (Å²) in [7, 11) is 0. The van der Waals surface area contributed by atoms with E-state index < -0.39 is 11.8 Å². The van der Waals surface area contributed by atoms with Gasteiger partial charge in [-0.15, -0.1) is 11.8 Å². The topological polar surface area (TPSA) is 73.2 Å². The van der Waals surface area contributed by atoms with Crippen molar-refractivity contribution in [3.8, 4) is 0 Å². The minimum absolute atomic E-state index is 0.162. The molecule has 0 aliphatic carbocycles. The van der Waals surface area contributed by atoms with E-state index in [9.17, 15) is 14.0 Å². The fourth-order valence-electron chi connectivity index (χ4n) is 3.53. The van der Waals surface area contributed by atoms with Crippen LogP contribution in [0.25, 0.3) is 21.9 Å². The number of hydrogen-bond donors (Lipinski definition) is 1. The van der Waals surface area contributed by atoms with E-state index in [-0.39, 0.29) is 29.9 Å². The van der Waals surface area contributed by atoms with E-state index in [1.807, 2.05) is 6.26 Å². The van der Waals surface area contributed by atoms with Crippen molar-refractivity contribution in [1.82, 2.24) is 9.55 Å². The van der Waals surface area contributed by atoms with Gasteiger partial charge >= 0.3 is 5.97 Å². The maximum absolute atomic E-state index is 14.1. The summed E-state index contributed by atoms with van der Waals surface area (Å²) in [6.45, 7) is 1.78. The molecule has 0 spiro atoms. The Morgan fingerprint density at radius 3 is 2.66 bits per heavy atom. The van der Waals surface area contributed by atoms with Crippen LogP contribution < -0.4 is 10.7 Å². The molecule has 0 saturated carbocycles. The molecule has 0 fully saturated rings. The summed E-state index contributed by atoms with van der Waals surface area (Å²) in [5.74, 6) is -0.583. The van der Waals surface area contributed by atoms with Crippen LogP contribution in [0.3, 0.4) is 0 Å². The summed E-state index contributed by atoms with van der Waals surface area (Å²) in [6.07, 6.45) is 1.84. The summed E-state index contributed by atoms with van der Waals surface area (Å²) in [4.78, 5) is 30.9. The normalized spacial score (nSPS) is 11.1. The van der Waals surface area contributed by atoms with Gasteiger partial charge in [0.2, 0.25) is 0 Å². The minimum atomic E-state index is -0.472. The first-order valence-corrected chi connectivity index (χ1v) is 11.4. The standard InChI is InChI=1S/C23H19ClFN3O3S/c1-3-31-19(29)12-28-20-13(8-10-15(24)22(20)32-2)21(30)14-9-11-18(27-23(14)28)26-17-7-5-4-6-16(17)25/h4-11H,3,12H2,1-2H3,(H,26,27). The molecule has 0 aliphatic heterocycles. The lowest BCUT2D eigenvalue weighted by molar-refractivity contribution is -0.143. The zero-order chi connectivity index (χ0) is 22.8. The van der Waals surface area contributed by atoms with Crippen LogP contribution in [-0.4, -0.2) is 28.4 Å². The van der Waals surface area contributed by atoms with Crippen molar-refractivity contribution in [2.75, 3.05) is 18.2 Å². The Morgan fingerprint density at radius 2 is 1.94 bits per heavy atom. The number of benzene rings is 2. The number of carbonyl (C=O) groups is 1. The van der Waals surface area contributed by atoms with Crippen LogP contribution in [0.2, 0.25) is 5.02 Å². The highest BCUT2D eigenvalue weighted by Crippen LogP contribution is 2.34. The summed E-state index contributed by atoms with van der Waals surface area (Å²) in [5.41, 5.74) is 0.792. The second-order valence-corrected chi connectivity index (χ2v) is 8.09. The number of pyridine rings is 2. The van der Waals surface area contributed by atoms with Crippen LogP contribution in [0.5, 0.6) is 0 Å². The lowest BCUT2D eigenvalue weighted by Gasteiger charge is -2.17. The zero-order valence-corrected chi connectivity index (χ0v) is 18.9. The molecule has 4 rings (SSSR count). The van der Waals surface area contributed by atoms with Crippen molar-refractivity contribution in [2.45, 2.75) is 18.4 Å². The molecule has 2 aromatic heterocycles.